The maximum absolute atomic E-state index is 4.72. The largest absolute Gasteiger partial charge is 0.346 e. The van der Waals surface area contributed by atoms with Crippen molar-refractivity contribution in [3.8, 4) is 0 Å². The second-order valence-corrected chi connectivity index (χ2v) is 4.45. The van der Waals surface area contributed by atoms with Crippen LogP contribution in [0.25, 0.3) is 16.7 Å². The first-order chi connectivity index (χ1) is 7.68. The molecule has 3 aromatic rings. The van der Waals surface area contributed by atoms with Crippen LogP contribution in [-0.2, 0) is 0 Å². The quantitative estimate of drug-likeness (QED) is 0.676. The summed E-state index contributed by atoms with van der Waals surface area (Å²) in [5.74, 6) is 0.414. The predicted octanol–water partition coefficient (Wildman–Crippen LogP) is 2.64. The first kappa shape index (κ1) is 9.39. The first-order valence-corrected chi connectivity index (χ1v) is 5.50. The second-order valence-electron chi connectivity index (χ2n) is 4.45. The molecule has 1 N–H and O–H groups in total. The summed E-state index contributed by atoms with van der Waals surface area (Å²) in [5.41, 5.74) is 4.21. The maximum Gasteiger partial charge on any atom is 0.160 e. The summed E-state index contributed by atoms with van der Waals surface area (Å²) >= 11 is 0. The average Bonchev–Trinajstić information content (AvgIpc) is 2.83. The molecule has 3 aromatic heterocycles. The molecule has 3 rings (SSSR count). The molecule has 4 nitrogen and oxygen atoms in total. The third-order valence-electron chi connectivity index (χ3n) is 2.91. The van der Waals surface area contributed by atoms with Gasteiger partial charge in [-0.15, -0.1) is 0 Å². The lowest BCUT2D eigenvalue weighted by Crippen LogP contribution is -2.00. The van der Waals surface area contributed by atoms with Crippen LogP contribution in [0, 0.1) is 6.92 Å². The number of nitrogens with zero attached hydrogens (tertiary/aromatic N) is 3. The highest BCUT2D eigenvalue weighted by Crippen LogP contribution is 2.24. The van der Waals surface area contributed by atoms with Crippen molar-refractivity contribution in [2.45, 2.75) is 26.7 Å². The summed E-state index contributed by atoms with van der Waals surface area (Å²) in [5, 5.41) is 5.50. The Kier molecular flexibility index (Phi) is 1.80. The molecule has 0 bridgehead atoms. The molecule has 0 aromatic carbocycles. The molecule has 0 fully saturated rings. The van der Waals surface area contributed by atoms with Crippen LogP contribution >= 0.6 is 0 Å². The van der Waals surface area contributed by atoms with Crippen molar-refractivity contribution in [2.24, 2.45) is 0 Å². The van der Waals surface area contributed by atoms with Crippen LogP contribution in [0.4, 0.5) is 0 Å². The fraction of sp³-hybridized carbons (Fsp3) is 0.333. The molecular formula is C12H14N4. The highest BCUT2D eigenvalue weighted by atomic mass is 15.3. The van der Waals surface area contributed by atoms with E-state index >= 15 is 0 Å². The van der Waals surface area contributed by atoms with Gasteiger partial charge in [0.25, 0.3) is 0 Å². The van der Waals surface area contributed by atoms with Crippen molar-refractivity contribution in [1.29, 1.82) is 0 Å². The summed E-state index contributed by atoms with van der Waals surface area (Å²) in [7, 11) is 0. The van der Waals surface area contributed by atoms with E-state index in [0.29, 0.717) is 5.92 Å². The molecule has 3 heterocycles. The van der Waals surface area contributed by atoms with E-state index in [1.54, 1.807) is 0 Å². The zero-order valence-corrected chi connectivity index (χ0v) is 9.65. The van der Waals surface area contributed by atoms with Crippen LogP contribution in [0.15, 0.2) is 18.5 Å². The molecule has 0 aliphatic rings. The van der Waals surface area contributed by atoms with Crippen LogP contribution in [0.2, 0.25) is 0 Å². The Morgan fingerprint density at radius 2 is 2.19 bits per heavy atom. The molecule has 0 amide bonds. The van der Waals surface area contributed by atoms with Gasteiger partial charge in [-0.3, -0.25) is 0 Å². The number of nitrogens with one attached hydrogen (secondary N) is 1. The van der Waals surface area contributed by atoms with Gasteiger partial charge in [-0.25, -0.2) is 4.98 Å². The van der Waals surface area contributed by atoms with E-state index in [9.17, 15) is 0 Å². The Bertz CT molecular complexity index is 660. The molecule has 4 heteroatoms. The van der Waals surface area contributed by atoms with E-state index in [2.05, 4.69) is 30.0 Å². The SMILES string of the molecule is Cc1cnn2c1nc(C(C)C)c1cc[nH]c12. The normalized spacial score (nSPS) is 12.0. The zero-order valence-electron chi connectivity index (χ0n) is 9.65. The van der Waals surface area contributed by atoms with E-state index in [4.69, 9.17) is 4.98 Å². The number of aromatic amines is 1. The monoisotopic (exact) mass is 214 g/mol. The van der Waals surface area contributed by atoms with Gasteiger partial charge in [0.15, 0.2) is 5.65 Å². The third kappa shape index (κ3) is 1.10. The van der Waals surface area contributed by atoms with E-state index in [-0.39, 0.29) is 0 Å². The number of aromatic nitrogens is 4. The lowest BCUT2D eigenvalue weighted by Gasteiger charge is -2.07. The fourth-order valence-corrected chi connectivity index (χ4v) is 2.08. The summed E-state index contributed by atoms with van der Waals surface area (Å²) in [6.07, 6.45) is 3.79. The van der Waals surface area contributed by atoms with Crippen molar-refractivity contribution < 1.29 is 0 Å². The van der Waals surface area contributed by atoms with Gasteiger partial charge in [0.2, 0.25) is 0 Å². The highest BCUT2D eigenvalue weighted by molar-refractivity contribution is 5.81. The molecule has 0 atom stereocenters. The number of fused-ring (bicyclic) bond motifs is 3. The van der Waals surface area contributed by atoms with Crippen molar-refractivity contribution in [2.75, 3.05) is 0 Å². The highest BCUT2D eigenvalue weighted by Gasteiger charge is 2.13. The lowest BCUT2D eigenvalue weighted by molar-refractivity contribution is 0.827. The molecule has 0 saturated carbocycles. The molecule has 0 radical (unpaired) electrons. The summed E-state index contributed by atoms with van der Waals surface area (Å²) in [4.78, 5) is 7.95. The van der Waals surface area contributed by atoms with Crippen molar-refractivity contribution in [1.82, 2.24) is 19.6 Å². The van der Waals surface area contributed by atoms with Crippen LogP contribution in [0.1, 0.15) is 31.0 Å². The number of H-pyrrole nitrogens is 1. The van der Waals surface area contributed by atoms with Crippen LogP contribution in [-0.4, -0.2) is 19.6 Å². The van der Waals surface area contributed by atoms with Gasteiger partial charge in [-0.2, -0.15) is 9.61 Å². The Morgan fingerprint density at radius 1 is 1.38 bits per heavy atom. The van der Waals surface area contributed by atoms with Gasteiger partial charge >= 0.3 is 0 Å². The van der Waals surface area contributed by atoms with Crippen LogP contribution in [0.3, 0.4) is 0 Å². The molecule has 0 aliphatic carbocycles. The maximum atomic E-state index is 4.72. The van der Waals surface area contributed by atoms with E-state index in [0.717, 1.165) is 27.9 Å². The average molecular weight is 214 g/mol. The lowest BCUT2D eigenvalue weighted by atomic mass is 10.1. The second kappa shape index (κ2) is 3.07. The Balaban J connectivity index is 2.55. The van der Waals surface area contributed by atoms with Gasteiger partial charge in [0.1, 0.15) is 5.65 Å². The van der Waals surface area contributed by atoms with Gasteiger partial charge in [-0.1, -0.05) is 13.8 Å². The van der Waals surface area contributed by atoms with Crippen LogP contribution < -0.4 is 0 Å². The zero-order chi connectivity index (χ0) is 11.3. The third-order valence-corrected chi connectivity index (χ3v) is 2.91. The number of rotatable bonds is 1. The number of hydrogen-bond acceptors (Lipinski definition) is 2. The molecule has 0 unspecified atom stereocenters. The molecule has 16 heavy (non-hydrogen) atoms. The van der Waals surface area contributed by atoms with E-state index in [1.165, 1.54) is 0 Å². The molecule has 0 aliphatic heterocycles. The minimum absolute atomic E-state index is 0.414. The molecular weight excluding hydrogens is 200 g/mol. The first-order valence-electron chi connectivity index (χ1n) is 5.50. The van der Waals surface area contributed by atoms with E-state index in [1.807, 2.05) is 23.8 Å². The minimum atomic E-state index is 0.414. The number of hydrogen-bond donors (Lipinski definition) is 1. The Morgan fingerprint density at radius 3 is 2.94 bits per heavy atom. The van der Waals surface area contributed by atoms with E-state index < -0.39 is 0 Å². The van der Waals surface area contributed by atoms with Gasteiger partial charge < -0.3 is 4.98 Å². The standard InChI is InChI=1S/C12H14N4/c1-7(2)10-9-4-5-13-12(9)16-11(15-10)8(3)6-14-16/h4-7,13H,1-3H3. The van der Waals surface area contributed by atoms with Crippen molar-refractivity contribution in [3.63, 3.8) is 0 Å². The van der Waals surface area contributed by atoms with Crippen molar-refractivity contribution >= 4 is 16.7 Å². The fourth-order valence-electron chi connectivity index (χ4n) is 2.08. The van der Waals surface area contributed by atoms with Crippen molar-refractivity contribution in [3.05, 3.63) is 29.7 Å². The van der Waals surface area contributed by atoms with Gasteiger partial charge in [0.05, 0.1) is 11.9 Å². The molecule has 82 valence electrons. The summed E-state index contributed by atoms with van der Waals surface area (Å²) in [6.45, 7) is 6.36. The predicted molar refractivity (Wildman–Crippen MR) is 63.7 cm³/mol. The van der Waals surface area contributed by atoms with Crippen LogP contribution in [0.5, 0.6) is 0 Å². The summed E-state index contributed by atoms with van der Waals surface area (Å²) in [6, 6.07) is 2.06. The molecule has 0 spiro atoms. The number of aryl methyl sites for hydroxylation is 1. The van der Waals surface area contributed by atoms with Gasteiger partial charge in [-0.05, 0) is 18.9 Å². The Labute approximate surface area is 93.3 Å². The smallest absolute Gasteiger partial charge is 0.160 e. The topological polar surface area (TPSA) is 46.0 Å². The minimum Gasteiger partial charge on any atom is -0.346 e. The molecule has 0 saturated heterocycles. The summed E-state index contributed by atoms with van der Waals surface area (Å²) < 4.78 is 1.87. The van der Waals surface area contributed by atoms with Gasteiger partial charge in [0, 0.05) is 17.1 Å². The Hall–Kier alpha value is -1.84.